The molecule has 1 aromatic carbocycles. The van der Waals surface area contributed by atoms with Crippen molar-refractivity contribution in [1.82, 2.24) is 4.57 Å². The fourth-order valence-electron chi connectivity index (χ4n) is 1.71. The molecule has 0 aliphatic carbocycles. The number of rotatable bonds is 2. The second-order valence-electron chi connectivity index (χ2n) is 3.70. The molecule has 0 atom stereocenters. The lowest BCUT2D eigenvalue weighted by atomic mass is 10.2. The summed E-state index contributed by atoms with van der Waals surface area (Å²) in [6, 6.07) is 9.07. The van der Waals surface area contributed by atoms with E-state index < -0.39 is 0 Å². The summed E-state index contributed by atoms with van der Waals surface area (Å²) >= 11 is 5.44. The van der Waals surface area contributed by atoms with Crippen LogP contribution >= 0.6 is 11.6 Å². The highest BCUT2D eigenvalue weighted by molar-refractivity contribution is 6.19. The molecule has 0 saturated carbocycles. The Bertz CT molecular complexity index is 679. The van der Waals surface area contributed by atoms with Crippen molar-refractivity contribution in [2.45, 2.75) is 0 Å². The average Bonchev–Trinajstić information content (AvgIpc) is 2.40. The third kappa shape index (κ3) is 2.49. The lowest BCUT2D eigenvalue weighted by Crippen LogP contribution is -2.16. The van der Waals surface area contributed by atoms with E-state index in [4.69, 9.17) is 16.3 Å². The highest BCUT2D eigenvalue weighted by Gasteiger charge is 2.06. The Kier molecular flexibility index (Phi) is 3.91. The summed E-state index contributed by atoms with van der Waals surface area (Å²) in [5.74, 6) is 6.30. The van der Waals surface area contributed by atoms with Crippen molar-refractivity contribution in [2.24, 2.45) is 7.05 Å². The number of alkyl halides is 1. The third-order valence-electron chi connectivity index (χ3n) is 2.61. The predicted octanol–water partition coefficient (Wildman–Crippen LogP) is 2.16. The summed E-state index contributed by atoms with van der Waals surface area (Å²) in [4.78, 5) is 11.8. The molecule has 2 rings (SSSR count). The molecule has 92 valence electrons. The number of para-hydroxylation sites is 1. The first-order valence-electron chi connectivity index (χ1n) is 5.47. The van der Waals surface area contributed by atoms with Gasteiger partial charge in [0, 0.05) is 18.5 Å². The van der Waals surface area contributed by atoms with Gasteiger partial charge in [0.1, 0.15) is 12.4 Å². The number of pyridine rings is 1. The molecule has 3 nitrogen and oxygen atoms in total. The topological polar surface area (TPSA) is 31.2 Å². The molecule has 0 unspecified atom stereocenters. The number of benzene rings is 1. The van der Waals surface area contributed by atoms with Gasteiger partial charge in [-0.2, -0.15) is 0 Å². The summed E-state index contributed by atoms with van der Waals surface area (Å²) in [5, 5.41) is 0.896. The monoisotopic (exact) mass is 261 g/mol. The van der Waals surface area contributed by atoms with E-state index in [0.29, 0.717) is 5.75 Å². The summed E-state index contributed by atoms with van der Waals surface area (Å²) in [6.07, 6.45) is 0. The first-order chi connectivity index (χ1) is 8.74. The Labute approximate surface area is 110 Å². The van der Waals surface area contributed by atoms with Gasteiger partial charge in [-0.3, -0.25) is 4.79 Å². The van der Waals surface area contributed by atoms with E-state index in [0.717, 1.165) is 10.9 Å². The van der Waals surface area contributed by atoms with Crippen LogP contribution < -0.4 is 10.3 Å². The highest BCUT2D eigenvalue weighted by Crippen LogP contribution is 2.22. The van der Waals surface area contributed by atoms with Gasteiger partial charge in [0.15, 0.2) is 0 Å². The lowest BCUT2D eigenvalue weighted by Gasteiger charge is -2.09. The van der Waals surface area contributed by atoms with Gasteiger partial charge < -0.3 is 9.30 Å². The van der Waals surface area contributed by atoms with Gasteiger partial charge in [-0.25, -0.2) is 0 Å². The molecule has 0 radical (unpaired) electrons. The minimum atomic E-state index is -0.103. The van der Waals surface area contributed by atoms with Crippen molar-refractivity contribution in [3.05, 3.63) is 40.7 Å². The van der Waals surface area contributed by atoms with Gasteiger partial charge in [0.25, 0.3) is 5.56 Å². The van der Waals surface area contributed by atoms with Gasteiger partial charge >= 0.3 is 0 Å². The number of aryl methyl sites for hydroxylation is 1. The van der Waals surface area contributed by atoms with Crippen molar-refractivity contribution < 1.29 is 4.74 Å². The van der Waals surface area contributed by atoms with E-state index in [-0.39, 0.29) is 18.0 Å². The summed E-state index contributed by atoms with van der Waals surface area (Å²) < 4.78 is 7.10. The molecule has 0 spiro atoms. The predicted molar refractivity (Wildman–Crippen MR) is 73.2 cm³/mol. The van der Waals surface area contributed by atoms with Crippen molar-refractivity contribution in [2.75, 3.05) is 12.5 Å². The molecule has 0 aliphatic heterocycles. The normalized spacial score (nSPS) is 9.89. The van der Waals surface area contributed by atoms with E-state index in [1.54, 1.807) is 11.6 Å². The first-order valence-corrected chi connectivity index (χ1v) is 6.00. The van der Waals surface area contributed by atoms with Crippen LogP contribution in [0.2, 0.25) is 0 Å². The number of hydrogen-bond donors (Lipinski definition) is 0. The molecule has 18 heavy (non-hydrogen) atoms. The molecule has 0 amide bonds. The van der Waals surface area contributed by atoms with Gasteiger partial charge in [0.2, 0.25) is 0 Å². The number of nitrogens with zero attached hydrogens (tertiary/aromatic N) is 1. The second-order valence-corrected chi connectivity index (χ2v) is 3.97. The Morgan fingerprint density at radius 2 is 2.11 bits per heavy atom. The molecule has 4 heteroatoms. The van der Waals surface area contributed by atoms with Crippen LogP contribution in [0, 0.1) is 11.8 Å². The van der Waals surface area contributed by atoms with Crippen LogP contribution in [-0.2, 0) is 7.05 Å². The minimum absolute atomic E-state index is 0.103. The Morgan fingerprint density at radius 3 is 2.89 bits per heavy atom. The average molecular weight is 262 g/mol. The first kappa shape index (κ1) is 12.5. The maximum absolute atomic E-state index is 11.8. The Balaban J connectivity index is 2.44. The summed E-state index contributed by atoms with van der Waals surface area (Å²) in [5.41, 5.74) is 0.735. The van der Waals surface area contributed by atoms with Gasteiger partial charge in [-0.1, -0.05) is 24.0 Å². The minimum Gasteiger partial charge on any atom is -0.480 e. The summed E-state index contributed by atoms with van der Waals surface area (Å²) in [6.45, 7) is 0.226. The lowest BCUT2D eigenvalue weighted by molar-refractivity contribution is 0.373. The van der Waals surface area contributed by atoms with Crippen LogP contribution in [0.15, 0.2) is 35.1 Å². The molecular formula is C14H12ClNO2. The number of aromatic nitrogens is 1. The zero-order chi connectivity index (χ0) is 13.0. The SMILES string of the molecule is Cn1c(=O)cc(OCC#CCCl)c2ccccc21. The zero-order valence-electron chi connectivity index (χ0n) is 9.94. The fraction of sp³-hybridized carbons (Fsp3) is 0.214. The van der Waals surface area contributed by atoms with Gasteiger partial charge in [0.05, 0.1) is 11.4 Å². The number of halogens is 1. The van der Waals surface area contributed by atoms with Crippen molar-refractivity contribution in [1.29, 1.82) is 0 Å². The number of ether oxygens (including phenoxy) is 1. The molecule has 0 saturated heterocycles. The van der Waals surface area contributed by atoms with Crippen molar-refractivity contribution in [3.8, 4) is 17.6 Å². The smallest absolute Gasteiger partial charge is 0.254 e. The van der Waals surface area contributed by atoms with Crippen LogP contribution in [0.5, 0.6) is 5.75 Å². The van der Waals surface area contributed by atoms with Crippen molar-refractivity contribution >= 4 is 22.5 Å². The van der Waals surface area contributed by atoms with Crippen molar-refractivity contribution in [3.63, 3.8) is 0 Å². The molecule has 0 N–H and O–H groups in total. The van der Waals surface area contributed by atoms with Crippen LogP contribution in [0.25, 0.3) is 10.9 Å². The largest absolute Gasteiger partial charge is 0.480 e. The molecule has 0 fully saturated rings. The number of fused-ring (bicyclic) bond motifs is 1. The van der Waals surface area contributed by atoms with Crippen LogP contribution in [0.1, 0.15) is 0 Å². The van der Waals surface area contributed by atoms with Crippen LogP contribution in [-0.4, -0.2) is 17.1 Å². The molecular weight excluding hydrogens is 250 g/mol. The quantitative estimate of drug-likeness (QED) is 0.613. The zero-order valence-corrected chi connectivity index (χ0v) is 10.7. The maximum atomic E-state index is 11.8. The van der Waals surface area contributed by atoms with Crippen LogP contribution in [0.4, 0.5) is 0 Å². The fourth-order valence-corrected chi connectivity index (χ4v) is 1.81. The maximum Gasteiger partial charge on any atom is 0.254 e. The number of hydrogen-bond acceptors (Lipinski definition) is 2. The molecule has 1 heterocycles. The van der Waals surface area contributed by atoms with E-state index in [1.165, 1.54) is 6.07 Å². The Morgan fingerprint density at radius 1 is 1.33 bits per heavy atom. The highest BCUT2D eigenvalue weighted by atomic mass is 35.5. The second kappa shape index (κ2) is 5.61. The van der Waals surface area contributed by atoms with E-state index in [9.17, 15) is 4.79 Å². The van der Waals surface area contributed by atoms with E-state index in [2.05, 4.69) is 11.8 Å². The van der Waals surface area contributed by atoms with E-state index >= 15 is 0 Å². The summed E-state index contributed by atoms with van der Waals surface area (Å²) in [7, 11) is 1.74. The molecule has 1 aromatic heterocycles. The molecule has 0 bridgehead atoms. The van der Waals surface area contributed by atoms with Crippen LogP contribution in [0.3, 0.4) is 0 Å². The molecule has 2 aromatic rings. The molecule has 0 aliphatic rings. The third-order valence-corrected chi connectivity index (χ3v) is 2.74. The standard InChI is InChI=1S/C14H12ClNO2/c1-16-12-7-3-2-6-11(12)13(10-14(16)17)18-9-5-4-8-15/h2-3,6-7,10H,8-9H2,1H3. The van der Waals surface area contributed by atoms with E-state index in [1.807, 2.05) is 24.3 Å². The van der Waals surface area contributed by atoms with Gasteiger partial charge in [-0.15, -0.1) is 11.6 Å². The van der Waals surface area contributed by atoms with Gasteiger partial charge in [-0.05, 0) is 12.1 Å². The Hall–Kier alpha value is -1.92.